The average Bonchev–Trinajstić information content (AvgIpc) is 2.29. The van der Waals surface area contributed by atoms with Crippen LogP contribution in [0.3, 0.4) is 0 Å². The van der Waals surface area contributed by atoms with Gasteiger partial charge in [0.1, 0.15) is 6.23 Å². The third-order valence-corrected chi connectivity index (χ3v) is 2.48. The molecule has 1 fully saturated rings. The summed E-state index contributed by atoms with van der Waals surface area (Å²) >= 11 is 0. The van der Waals surface area contributed by atoms with Gasteiger partial charge in [0.15, 0.2) is 0 Å². The minimum absolute atomic E-state index is 0.160. The molecule has 0 amide bonds. The molecule has 0 radical (unpaired) electrons. The minimum Gasteiger partial charge on any atom is -0.378 e. The molecule has 1 unspecified atom stereocenters. The summed E-state index contributed by atoms with van der Waals surface area (Å²) in [6.07, 6.45) is 3.13. The third kappa shape index (κ3) is 3.11. The molecule has 1 rings (SSSR count). The Morgan fingerprint density at radius 3 is 2.50 bits per heavy atom. The number of rotatable bonds is 2. The molecule has 0 aromatic carbocycles. The molecule has 0 bridgehead atoms. The summed E-state index contributed by atoms with van der Waals surface area (Å²) in [4.78, 5) is 2.19. The summed E-state index contributed by atoms with van der Waals surface area (Å²) in [7, 11) is 0. The smallest absolute Gasteiger partial charge is 0.107 e. The van der Waals surface area contributed by atoms with Crippen molar-refractivity contribution in [1.82, 2.24) is 4.90 Å². The molecule has 0 aliphatic carbocycles. The molecule has 0 aromatic rings. The number of hydrogen-bond acceptors (Lipinski definition) is 2. The summed E-state index contributed by atoms with van der Waals surface area (Å²) in [6, 6.07) is 0. The molecule has 0 spiro atoms. The Labute approximate surface area is 75.6 Å². The highest BCUT2D eigenvalue weighted by atomic mass is 16.3. The lowest BCUT2D eigenvalue weighted by Gasteiger charge is -2.25. The fourth-order valence-corrected chi connectivity index (χ4v) is 1.55. The van der Waals surface area contributed by atoms with Crippen LogP contribution < -0.4 is 0 Å². The van der Waals surface area contributed by atoms with Crippen LogP contribution in [0.5, 0.6) is 0 Å². The van der Waals surface area contributed by atoms with Crippen LogP contribution in [-0.2, 0) is 0 Å². The molecule has 1 atom stereocenters. The number of nitrogens with zero attached hydrogens (tertiary/aromatic N) is 1. The lowest BCUT2D eigenvalue weighted by molar-refractivity contribution is 0.0319. The summed E-state index contributed by atoms with van der Waals surface area (Å²) in [5.41, 5.74) is 0.391. The van der Waals surface area contributed by atoms with Gasteiger partial charge in [0.25, 0.3) is 0 Å². The van der Waals surface area contributed by atoms with Crippen molar-refractivity contribution in [2.24, 2.45) is 5.41 Å². The molecule has 1 N–H and O–H groups in total. The van der Waals surface area contributed by atoms with Gasteiger partial charge in [0, 0.05) is 13.1 Å². The molecule has 1 saturated heterocycles. The summed E-state index contributed by atoms with van der Waals surface area (Å²) in [5.74, 6) is 0. The van der Waals surface area contributed by atoms with E-state index in [1.54, 1.807) is 0 Å². The third-order valence-electron chi connectivity index (χ3n) is 2.48. The molecule has 2 nitrogen and oxygen atoms in total. The quantitative estimate of drug-likeness (QED) is 0.685. The van der Waals surface area contributed by atoms with Crippen LogP contribution in [0.4, 0.5) is 0 Å². The number of likely N-dealkylation sites (tertiary alicyclic amines) is 1. The summed E-state index contributed by atoms with van der Waals surface area (Å²) in [5, 5.41) is 9.51. The second-order valence-corrected chi connectivity index (χ2v) is 4.97. The van der Waals surface area contributed by atoms with Crippen molar-refractivity contribution in [2.75, 3.05) is 13.1 Å². The van der Waals surface area contributed by atoms with Crippen LogP contribution in [0.15, 0.2) is 0 Å². The molecular weight excluding hydrogens is 150 g/mol. The van der Waals surface area contributed by atoms with Crippen LogP contribution in [0.25, 0.3) is 0 Å². The molecule has 1 aliphatic heterocycles. The van der Waals surface area contributed by atoms with Gasteiger partial charge in [-0.1, -0.05) is 20.8 Å². The normalized spacial score (nSPS) is 26.5. The second kappa shape index (κ2) is 3.75. The van der Waals surface area contributed by atoms with E-state index in [1.807, 2.05) is 0 Å². The van der Waals surface area contributed by atoms with E-state index in [4.69, 9.17) is 0 Å². The number of aliphatic hydroxyl groups is 1. The van der Waals surface area contributed by atoms with Crippen LogP contribution in [0, 0.1) is 5.41 Å². The van der Waals surface area contributed by atoms with E-state index >= 15 is 0 Å². The van der Waals surface area contributed by atoms with Gasteiger partial charge < -0.3 is 5.11 Å². The lowest BCUT2D eigenvalue weighted by atomic mass is 9.92. The Bertz CT molecular complexity index is 139. The number of aliphatic hydroxyl groups excluding tert-OH is 1. The maximum atomic E-state index is 9.51. The Balaban J connectivity index is 2.23. The topological polar surface area (TPSA) is 23.5 Å². The van der Waals surface area contributed by atoms with Crippen molar-refractivity contribution in [3.8, 4) is 0 Å². The van der Waals surface area contributed by atoms with Gasteiger partial charge in [0.05, 0.1) is 0 Å². The zero-order valence-corrected chi connectivity index (χ0v) is 8.51. The first-order valence-corrected chi connectivity index (χ1v) is 4.91. The maximum absolute atomic E-state index is 9.51. The van der Waals surface area contributed by atoms with Crippen molar-refractivity contribution in [2.45, 2.75) is 46.3 Å². The monoisotopic (exact) mass is 171 g/mol. The van der Waals surface area contributed by atoms with Gasteiger partial charge in [-0.05, 0) is 24.7 Å². The predicted molar refractivity (Wildman–Crippen MR) is 50.9 cm³/mol. The second-order valence-electron chi connectivity index (χ2n) is 4.97. The highest BCUT2D eigenvalue weighted by Gasteiger charge is 2.23. The fraction of sp³-hybridized carbons (Fsp3) is 1.00. The predicted octanol–water partition coefficient (Wildman–Crippen LogP) is 1.84. The summed E-state index contributed by atoms with van der Waals surface area (Å²) in [6.45, 7) is 8.86. The zero-order chi connectivity index (χ0) is 9.19. The Hall–Kier alpha value is -0.0800. The van der Waals surface area contributed by atoms with Gasteiger partial charge in [0.2, 0.25) is 0 Å². The van der Waals surface area contributed by atoms with Gasteiger partial charge in [-0.2, -0.15) is 0 Å². The zero-order valence-electron chi connectivity index (χ0n) is 8.51. The van der Waals surface area contributed by atoms with E-state index in [-0.39, 0.29) is 6.23 Å². The molecule has 1 heterocycles. The first kappa shape index (κ1) is 10.0. The van der Waals surface area contributed by atoms with E-state index in [2.05, 4.69) is 25.7 Å². The fourth-order valence-electron chi connectivity index (χ4n) is 1.55. The van der Waals surface area contributed by atoms with Crippen molar-refractivity contribution in [3.63, 3.8) is 0 Å². The van der Waals surface area contributed by atoms with Crippen LogP contribution in [-0.4, -0.2) is 29.3 Å². The van der Waals surface area contributed by atoms with E-state index in [9.17, 15) is 5.11 Å². The standard InChI is InChI=1S/C10H21NO/c1-10(2,3)6-8-11-7-4-5-9(11)12/h9,12H,4-8H2,1-3H3. The molecule has 1 aliphatic rings. The maximum Gasteiger partial charge on any atom is 0.107 e. The SMILES string of the molecule is CC(C)(C)CCN1CCCC1O. The van der Waals surface area contributed by atoms with Crippen LogP contribution in [0.2, 0.25) is 0 Å². The number of hydrogen-bond donors (Lipinski definition) is 1. The van der Waals surface area contributed by atoms with E-state index in [0.29, 0.717) is 5.41 Å². The minimum atomic E-state index is -0.160. The van der Waals surface area contributed by atoms with Crippen LogP contribution >= 0.6 is 0 Å². The molecular formula is C10H21NO. The van der Waals surface area contributed by atoms with Gasteiger partial charge in [-0.15, -0.1) is 0 Å². The van der Waals surface area contributed by atoms with Crippen molar-refractivity contribution >= 4 is 0 Å². The van der Waals surface area contributed by atoms with Crippen molar-refractivity contribution in [1.29, 1.82) is 0 Å². The lowest BCUT2D eigenvalue weighted by Crippen LogP contribution is -2.31. The highest BCUT2D eigenvalue weighted by molar-refractivity contribution is 4.73. The molecule has 2 heteroatoms. The summed E-state index contributed by atoms with van der Waals surface area (Å²) < 4.78 is 0. The van der Waals surface area contributed by atoms with Gasteiger partial charge in [-0.3, -0.25) is 4.90 Å². The first-order valence-electron chi connectivity index (χ1n) is 4.91. The van der Waals surface area contributed by atoms with Crippen molar-refractivity contribution < 1.29 is 5.11 Å². The Morgan fingerprint density at radius 2 is 2.08 bits per heavy atom. The Morgan fingerprint density at radius 1 is 1.42 bits per heavy atom. The molecule has 12 heavy (non-hydrogen) atoms. The van der Waals surface area contributed by atoms with E-state index < -0.39 is 0 Å². The van der Waals surface area contributed by atoms with Gasteiger partial charge >= 0.3 is 0 Å². The van der Waals surface area contributed by atoms with E-state index in [0.717, 1.165) is 25.9 Å². The largest absolute Gasteiger partial charge is 0.378 e. The average molecular weight is 171 g/mol. The Kier molecular flexibility index (Phi) is 3.13. The van der Waals surface area contributed by atoms with Gasteiger partial charge in [-0.25, -0.2) is 0 Å². The molecule has 0 saturated carbocycles. The first-order chi connectivity index (χ1) is 5.49. The van der Waals surface area contributed by atoms with E-state index in [1.165, 1.54) is 6.42 Å². The van der Waals surface area contributed by atoms with Crippen LogP contribution in [0.1, 0.15) is 40.0 Å². The highest BCUT2D eigenvalue weighted by Crippen LogP contribution is 2.22. The molecule has 0 aromatic heterocycles. The van der Waals surface area contributed by atoms with Crippen molar-refractivity contribution in [3.05, 3.63) is 0 Å². The molecule has 72 valence electrons.